The molecule has 1 unspecified atom stereocenters. The predicted molar refractivity (Wildman–Crippen MR) is 68.8 cm³/mol. The molecule has 1 rings (SSSR count). The molecule has 0 aliphatic heterocycles. The monoisotopic (exact) mass is 253 g/mol. The molecule has 2 N–H and O–H groups in total. The van der Waals surface area contributed by atoms with Crippen LogP contribution in [0.4, 0.5) is 5.69 Å². The fraction of sp³-hybridized carbons (Fsp3) is 0.500. The lowest BCUT2D eigenvalue weighted by molar-refractivity contribution is -0.120. The molecule has 18 heavy (non-hydrogen) atoms. The van der Waals surface area contributed by atoms with E-state index in [2.05, 4.69) is 15.6 Å². The summed E-state index contributed by atoms with van der Waals surface area (Å²) < 4.78 is 9.88. The van der Waals surface area contributed by atoms with Gasteiger partial charge in [-0.25, -0.2) is 4.98 Å². The van der Waals surface area contributed by atoms with E-state index in [0.29, 0.717) is 12.5 Å². The topological polar surface area (TPSA) is 72.5 Å². The normalized spacial score (nSPS) is 11.7. The number of anilines is 1. The average Bonchev–Trinajstić information content (AvgIpc) is 2.37. The molecule has 0 fully saturated rings. The van der Waals surface area contributed by atoms with E-state index < -0.39 is 0 Å². The summed E-state index contributed by atoms with van der Waals surface area (Å²) in [5, 5.41) is 5.77. The van der Waals surface area contributed by atoms with Crippen LogP contribution >= 0.6 is 0 Å². The summed E-state index contributed by atoms with van der Waals surface area (Å²) in [7, 11) is 3.16. The number of amides is 1. The quantitative estimate of drug-likeness (QED) is 0.746. The number of carbonyl (C=O) groups is 1. The van der Waals surface area contributed by atoms with Crippen molar-refractivity contribution in [1.82, 2.24) is 10.3 Å². The summed E-state index contributed by atoms with van der Waals surface area (Å²) in [5.74, 6) is 0.453. The van der Waals surface area contributed by atoms with Crippen LogP contribution in [-0.4, -0.2) is 44.3 Å². The van der Waals surface area contributed by atoms with Crippen LogP contribution in [0, 0.1) is 0 Å². The van der Waals surface area contributed by atoms with Crippen LogP contribution < -0.4 is 15.4 Å². The van der Waals surface area contributed by atoms with Crippen molar-refractivity contribution < 1.29 is 14.3 Å². The molecule has 0 aliphatic carbocycles. The Morgan fingerprint density at radius 2 is 2.22 bits per heavy atom. The second kappa shape index (κ2) is 7.50. The standard InChI is InChI=1S/C12H19N3O3/c1-9(8-17-2)15-11(16)7-13-10-4-5-12(18-3)14-6-10/h4-6,9,13H,7-8H2,1-3H3,(H,15,16). The Labute approximate surface area is 107 Å². The molecule has 0 saturated heterocycles. The van der Waals surface area contributed by atoms with Gasteiger partial charge < -0.3 is 20.1 Å². The largest absolute Gasteiger partial charge is 0.481 e. The first kappa shape index (κ1) is 14.2. The van der Waals surface area contributed by atoms with Crippen LogP contribution in [0.5, 0.6) is 5.88 Å². The molecule has 1 aromatic rings. The summed E-state index contributed by atoms with van der Waals surface area (Å²) in [6.07, 6.45) is 1.62. The van der Waals surface area contributed by atoms with Gasteiger partial charge >= 0.3 is 0 Å². The minimum absolute atomic E-state index is 0.00158. The lowest BCUT2D eigenvalue weighted by atomic mass is 10.3. The van der Waals surface area contributed by atoms with E-state index >= 15 is 0 Å². The summed E-state index contributed by atoms with van der Waals surface area (Å²) >= 11 is 0. The molecule has 0 radical (unpaired) electrons. The fourth-order valence-corrected chi connectivity index (χ4v) is 1.41. The minimum Gasteiger partial charge on any atom is -0.481 e. The van der Waals surface area contributed by atoms with Crippen molar-refractivity contribution in [3.63, 3.8) is 0 Å². The zero-order valence-corrected chi connectivity index (χ0v) is 10.9. The number of hydrogen-bond donors (Lipinski definition) is 2. The van der Waals surface area contributed by atoms with Crippen LogP contribution in [0.1, 0.15) is 6.92 Å². The first-order chi connectivity index (χ1) is 8.65. The second-order valence-electron chi connectivity index (χ2n) is 3.87. The van der Waals surface area contributed by atoms with E-state index in [9.17, 15) is 4.79 Å². The molecule has 0 aliphatic rings. The maximum absolute atomic E-state index is 11.6. The Balaban J connectivity index is 2.33. The third-order valence-corrected chi connectivity index (χ3v) is 2.22. The van der Waals surface area contributed by atoms with Crippen LogP contribution in [0.2, 0.25) is 0 Å². The molecule has 0 saturated carbocycles. The van der Waals surface area contributed by atoms with Gasteiger partial charge in [0.1, 0.15) is 0 Å². The Hall–Kier alpha value is -1.82. The van der Waals surface area contributed by atoms with Gasteiger partial charge in [0.2, 0.25) is 11.8 Å². The SMILES string of the molecule is COCC(C)NC(=O)CNc1ccc(OC)nc1. The number of ether oxygens (including phenoxy) is 2. The molecular weight excluding hydrogens is 234 g/mol. The number of aromatic nitrogens is 1. The number of hydrogen-bond acceptors (Lipinski definition) is 5. The number of nitrogens with one attached hydrogen (secondary N) is 2. The van der Waals surface area contributed by atoms with Crippen molar-refractivity contribution in [2.45, 2.75) is 13.0 Å². The van der Waals surface area contributed by atoms with Crippen molar-refractivity contribution in [1.29, 1.82) is 0 Å². The van der Waals surface area contributed by atoms with Crippen molar-refractivity contribution in [2.75, 3.05) is 32.7 Å². The predicted octanol–water partition coefficient (Wildman–Crippen LogP) is 0.653. The van der Waals surface area contributed by atoms with Crippen molar-refractivity contribution in [3.8, 4) is 5.88 Å². The Morgan fingerprint density at radius 1 is 1.44 bits per heavy atom. The van der Waals surface area contributed by atoms with E-state index in [1.807, 2.05) is 6.92 Å². The van der Waals surface area contributed by atoms with Gasteiger partial charge in [-0.3, -0.25) is 4.79 Å². The first-order valence-corrected chi connectivity index (χ1v) is 5.68. The summed E-state index contributed by atoms with van der Waals surface area (Å²) in [5.41, 5.74) is 0.769. The maximum Gasteiger partial charge on any atom is 0.239 e. The van der Waals surface area contributed by atoms with Crippen molar-refractivity contribution in [3.05, 3.63) is 18.3 Å². The number of nitrogens with zero attached hydrogens (tertiary/aromatic N) is 1. The number of carbonyl (C=O) groups excluding carboxylic acids is 1. The van der Waals surface area contributed by atoms with Crippen LogP contribution in [0.15, 0.2) is 18.3 Å². The molecule has 6 nitrogen and oxygen atoms in total. The van der Waals surface area contributed by atoms with E-state index in [0.717, 1.165) is 5.69 Å². The van der Waals surface area contributed by atoms with E-state index in [1.54, 1.807) is 32.5 Å². The summed E-state index contributed by atoms with van der Waals surface area (Å²) in [4.78, 5) is 15.6. The van der Waals surface area contributed by atoms with Gasteiger partial charge in [0.05, 0.1) is 32.1 Å². The maximum atomic E-state index is 11.6. The van der Waals surface area contributed by atoms with Gasteiger partial charge in [0, 0.05) is 19.2 Å². The smallest absolute Gasteiger partial charge is 0.239 e. The highest BCUT2D eigenvalue weighted by atomic mass is 16.5. The zero-order valence-electron chi connectivity index (χ0n) is 10.9. The van der Waals surface area contributed by atoms with Crippen LogP contribution in [-0.2, 0) is 9.53 Å². The number of methoxy groups -OCH3 is 2. The van der Waals surface area contributed by atoms with Crippen molar-refractivity contribution in [2.24, 2.45) is 0 Å². The first-order valence-electron chi connectivity index (χ1n) is 5.68. The number of pyridine rings is 1. The van der Waals surface area contributed by atoms with Crippen LogP contribution in [0.25, 0.3) is 0 Å². The van der Waals surface area contributed by atoms with Crippen LogP contribution in [0.3, 0.4) is 0 Å². The lowest BCUT2D eigenvalue weighted by Crippen LogP contribution is -2.39. The number of rotatable bonds is 7. The zero-order chi connectivity index (χ0) is 13.4. The Bertz CT molecular complexity index is 367. The lowest BCUT2D eigenvalue weighted by Gasteiger charge is -2.13. The second-order valence-corrected chi connectivity index (χ2v) is 3.87. The Morgan fingerprint density at radius 3 is 2.78 bits per heavy atom. The fourth-order valence-electron chi connectivity index (χ4n) is 1.41. The van der Waals surface area contributed by atoms with Gasteiger partial charge in [-0.1, -0.05) is 0 Å². The van der Waals surface area contributed by atoms with Gasteiger partial charge in [-0.05, 0) is 13.0 Å². The van der Waals surface area contributed by atoms with Gasteiger partial charge in [-0.15, -0.1) is 0 Å². The molecule has 0 aromatic carbocycles. The minimum atomic E-state index is -0.0876. The highest BCUT2D eigenvalue weighted by Crippen LogP contribution is 2.10. The molecule has 100 valence electrons. The van der Waals surface area contributed by atoms with E-state index in [4.69, 9.17) is 9.47 Å². The molecule has 1 heterocycles. The highest BCUT2D eigenvalue weighted by Gasteiger charge is 2.06. The third kappa shape index (κ3) is 5.01. The third-order valence-electron chi connectivity index (χ3n) is 2.22. The summed E-state index contributed by atoms with van der Waals surface area (Å²) in [6.45, 7) is 2.58. The molecule has 1 aromatic heterocycles. The Kier molecular flexibility index (Phi) is 5.93. The van der Waals surface area contributed by atoms with E-state index in [-0.39, 0.29) is 18.5 Å². The average molecular weight is 253 g/mol. The van der Waals surface area contributed by atoms with E-state index in [1.165, 1.54) is 0 Å². The molecular formula is C12H19N3O3. The van der Waals surface area contributed by atoms with Crippen molar-refractivity contribution >= 4 is 11.6 Å². The van der Waals surface area contributed by atoms with Gasteiger partial charge in [0.25, 0.3) is 0 Å². The molecule has 1 amide bonds. The molecule has 0 spiro atoms. The highest BCUT2D eigenvalue weighted by molar-refractivity contribution is 5.80. The molecule has 1 atom stereocenters. The van der Waals surface area contributed by atoms with Gasteiger partial charge in [-0.2, -0.15) is 0 Å². The van der Waals surface area contributed by atoms with Gasteiger partial charge in [0.15, 0.2) is 0 Å². The summed E-state index contributed by atoms with van der Waals surface area (Å²) in [6, 6.07) is 3.53. The molecule has 0 bridgehead atoms. The molecule has 6 heteroatoms.